The van der Waals surface area contributed by atoms with Crippen LogP contribution in [0.1, 0.15) is 13.3 Å². The van der Waals surface area contributed by atoms with Gasteiger partial charge in [0, 0.05) is 48.0 Å². The molecular formula is C19H16N6O5. The second-order valence-electron chi connectivity index (χ2n) is 6.65. The number of fused-ring (bicyclic) bond motifs is 2. The molecule has 0 bridgehead atoms. The number of H-pyrrole nitrogens is 1. The van der Waals surface area contributed by atoms with Crippen LogP contribution >= 0.6 is 0 Å². The van der Waals surface area contributed by atoms with Crippen molar-refractivity contribution in [2.24, 2.45) is 0 Å². The largest absolute Gasteiger partial charge is 0.326 e. The summed E-state index contributed by atoms with van der Waals surface area (Å²) < 4.78 is 1.64. The van der Waals surface area contributed by atoms with Gasteiger partial charge in [0.2, 0.25) is 0 Å². The number of benzene rings is 2. The zero-order valence-corrected chi connectivity index (χ0v) is 15.8. The molecule has 30 heavy (non-hydrogen) atoms. The molecule has 0 aliphatic carbocycles. The minimum Gasteiger partial charge on any atom is -0.326 e. The maximum absolute atomic E-state index is 12.7. The van der Waals surface area contributed by atoms with Gasteiger partial charge in [-0.25, -0.2) is 4.98 Å². The molecule has 2 N–H and O–H groups in total. The van der Waals surface area contributed by atoms with Crippen molar-refractivity contribution >= 4 is 33.3 Å². The molecule has 4 aromatic rings. The highest BCUT2D eigenvalue weighted by Gasteiger charge is 2.19. The lowest BCUT2D eigenvalue weighted by Gasteiger charge is -2.07. The molecule has 11 nitrogen and oxygen atoms in total. The molecule has 0 unspecified atom stereocenters. The summed E-state index contributed by atoms with van der Waals surface area (Å²) >= 11 is 0. The molecule has 0 atom stereocenters. The first-order valence-corrected chi connectivity index (χ1v) is 9.11. The molecule has 4 rings (SSSR count). The van der Waals surface area contributed by atoms with E-state index in [9.17, 15) is 25.0 Å². The van der Waals surface area contributed by atoms with E-state index in [1.54, 1.807) is 16.9 Å². The summed E-state index contributed by atoms with van der Waals surface area (Å²) in [5.41, 5.74) is 4.20. The van der Waals surface area contributed by atoms with Gasteiger partial charge < -0.3 is 10.4 Å². The van der Waals surface area contributed by atoms with Crippen molar-refractivity contribution in [3.63, 3.8) is 0 Å². The lowest BCUT2D eigenvalue weighted by Crippen LogP contribution is -2.14. The van der Waals surface area contributed by atoms with Gasteiger partial charge in [0.1, 0.15) is 5.69 Å². The van der Waals surface area contributed by atoms with Gasteiger partial charge in [0.25, 0.3) is 16.9 Å². The van der Waals surface area contributed by atoms with Crippen molar-refractivity contribution in [1.82, 2.24) is 14.6 Å². The van der Waals surface area contributed by atoms with Crippen LogP contribution in [0.2, 0.25) is 0 Å². The summed E-state index contributed by atoms with van der Waals surface area (Å²) in [6, 6.07) is 8.41. The molecule has 2 aromatic heterocycles. The van der Waals surface area contributed by atoms with Crippen molar-refractivity contribution < 1.29 is 9.85 Å². The van der Waals surface area contributed by atoms with E-state index < -0.39 is 15.4 Å². The third kappa shape index (κ3) is 3.21. The zero-order valence-electron chi connectivity index (χ0n) is 15.8. The summed E-state index contributed by atoms with van der Waals surface area (Å²) in [5, 5.41) is 22.8. The number of aromatic nitrogens is 3. The highest BCUT2D eigenvalue weighted by Crippen LogP contribution is 2.31. The van der Waals surface area contributed by atoms with E-state index in [4.69, 9.17) is 0 Å². The fourth-order valence-corrected chi connectivity index (χ4v) is 3.25. The van der Waals surface area contributed by atoms with Gasteiger partial charge in [0.05, 0.1) is 26.4 Å². The Hall–Kier alpha value is -4.28. The molecule has 0 saturated carbocycles. The lowest BCUT2D eigenvalue weighted by atomic mass is 10.1. The topological polar surface area (TPSA) is 149 Å². The van der Waals surface area contributed by atoms with E-state index in [-0.39, 0.29) is 22.6 Å². The normalized spacial score (nSPS) is 11.1. The zero-order chi connectivity index (χ0) is 21.4. The van der Waals surface area contributed by atoms with Gasteiger partial charge in [-0.2, -0.15) is 0 Å². The molecule has 0 fully saturated rings. The van der Waals surface area contributed by atoms with Crippen LogP contribution in [0.3, 0.4) is 0 Å². The number of hydrogen-bond donors (Lipinski definition) is 2. The number of non-ortho nitro benzene ring substituents is 2. The van der Waals surface area contributed by atoms with E-state index in [2.05, 4.69) is 15.4 Å². The number of hydrogen-bond acceptors (Lipinski definition) is 7. The molecule has 0 amide bonds. The molecule has 0 spiro atoms. The first kappa shape index (κ1) is 19.1. The summed E-state index contributed by atoms with van der Waals surface area (Å²) in [4.78, 5) is 40.9. The quantitative estimate of drug-likeness (QED) is 0.367. The fraction of sp³-hybridized carbons (Fsp3) is 0.158. The Labute approximate surface area is 168 Å². The average molecular weight is 408 g/mol. The van der Waals surface area contributed by atoms with E-state index >= 15 is 0 Å². The van der Waals surface area contributed by atoms with Crippen molar-refractivity contribution in [3.8, 4) is 11.3 Å². The van der Waals surface area contributed by atoms with Crippen molar-refractivity contribution in [3.05, 3.63) is 73.2 Å². The second-order valence-corrected chi connectivity index (χ2v) is 6.65. The third-order valence-electron chi connectivity index (χ3n) is 4.67. The predicted molar refractivity (Wildman–Crippen MR) is 111 cm³/mol. The SMILES string of the molecule is CCCNn1cc(-c2nc3ccc([N+](=O)[O-])cc3[nH]c2=O)c2ccc([N+](=O)[O-])cc21. The number of aromatic amines is 1. The molecule has 0 radical (unpaired) electrons. The first-order chi connectivity index (χ1) is 14.4. The van der Waals surface area contributed by atoms with Gasteiger partial charge in [-0.05, 0) is 18.6 Å². The fourth-order valence-electron chi connectivity index (χ4n) is 3.25. The highest BCUT2D eigenvalue weighted by atomic mass is 16.6. The monoisotopic (exact) mass is 408 g/mol. The number of nitrogens with zero attached hydrogens (tertiary/aromatic N) is 4. The Morgan fingerprint density at radius 3 is 2.50 bits per heavy atom. The summed E-state index contributed by atoms with van der Waals surface area (Å²) in [5.74, 6) is 0. The summed E-state index contributed by atoms with van der Waals surface area (Å²) in [7, 11) is 0. The Morgan fingerprint density at radius 1 is 1.10 bits per heavy atom. The molecule has 11 heteroatoms. The van der Waals surface area contributed by atoms with Crippen molar-refractivity contribution in [1.29, 1.82) is 0 Å². The van der Waals surface area contributed by atoms with Crippen LogP contribution in [0.25, 0.3) is 33.2 Å². The Kier molecular flexibility index (Phi) is 4.62. The minimum atomic E-state index is -0.550. The van der Waals surface area contributed by atoms with E-state index in [0.29, 0.717) is 28.5 Å². The van der Waals surface area contributed by atoms with Crippen LogP contribution in [-0.4, -0.2) is 31.0 Å². The molecule has 0 saturated heterocycles. The first-order valence-electron chi connectivity index (χ1n) is 9.11. The van der Waals surface area contributed by atoms with E-state index in [0.717, 1.165) is 6.42 Å². The van der Waals surface area contributed by atoms with Gasteiger partial charge in [-0.15, -0.1) is 0 Å². The van der Waals surface area contributed by atoms with E-state index in [1.807, 2.05) is 6.92 Å². The smallest absolute Gasteiger partial charge is 0.275 e. The summed E-state index contributed by atoms with van der Waals surface area (Å²) in [6.45, 7) is 2.61. The van der Waals surface area contributed by atoms with Gasteiger partial charge in [-0.1, -0.05) is 6.92 Å². The second kappa shape index (κ2) is 7.28. The molecule has 0 aliphatic rings. The average Bonchev–Trinajstić information content (AvgIpc) is 3.08. The van der Waals surface area contributed by atoms with Crippen LogP contribution in [0.5, 0.6) is 0 Å². The van der Waals surface area contributed by atoms with Crippen LogP contribution in [0.4, 0.5) is 11.4 Å². The summed E-state index contributed by atoms with van der Waals surface area (Å²) in [6.07, 6.45) is 2.50. The van der Waals surface area contributed by atoms with Crippen LogP contribution < -0.4 is 11.0 Å². The standard InChI is InChI=1S/C19H16N6O5/c1-2-7-20-23-10-14(13-5-3-12(25(29)30)9-17(13)23)18-19(26)22-16-8-11(24(27)28)4-6-15(16)21-18/h3-6,8-10,20H,2,7H2,1H3,(H,22,26). The maximum Gasteiger partial charge on any atom is 0.275 e. The molecule has 2 aromatic carbocycles. The van der Waals surface area contributed by atoms with Gasteiger partial charge >= 0.3 is 0 Å². The van der Waals surface area contributed by atoms with E-state index in [1.165, 1.54) is 30.3 Å². The number of rotatable bonds is 6. The highest BCUT2D eigenvalue weighted by molar-refractivity contribution is 5.97. The predicted octanol–water partition coefficient (Wildman–Crippen LogP) is 3.31. The number of nitro groups is 2. The maximum atomic E-state index is 12.7. The molecular weight excluding hydrogens is 392 g/mol. The molecule has 0 aliphatic heterocycles. The van der Waals surface area contributed by atoms with Gasteiger partial charge in [0.15, 0.2) is 0 Å². The number of nitro benzene ring substituents is 2. The van der Waals surface area contributed by atoms with Crippen LogP contribution in [0.15, 0.2) is 47.4 Å². The molecule has 152 valence electrons. The Balaban J connectivity index is 1.93. The lowest BCUT2D eigenvalue weighted by molar-refractivity contribution is -0.384. The van der Waals surface area contributed by atoms with Crippen LogP contribution in [0, 0.1) is 20.2 Å². The number of nitrogens with one attached hydrogen (secondary N) is 2. The third-order valence-corrected chi connectivity index (χ3v) is 4.67. The van der Waals surface area contributed by atoms with Gasteiger partial charge in [-0.3, -0.25) is 29.7 Å². The van der Waals surface area contributed by atoms with Crippen LogP contribution in [-0.2, 0) is 0 Å². The van der Waals surface area contributed by atoms with Crippen molar-refractivity contribution in [2.75, 3.05) is 12.0 Å². The Morgan fingerprint density at radius 2 is 1.80 bits per heavy atom. The molecule has 2 heterocycles. The van der Waals surface area contributed by atoms with Crippen molar-refractivity contribution in [2.45, 2.75) is 13.3 Å². The Bertz CT molecular complexity index is 1370. The minimum absolute atomic E-state index is 0.0700.